The molecule has 2 heterocycles. The Morgan fingerprint density at radius 3 is 2.73 bits per heavy atom. The van der Waals surface area contributed by atoms with Crippen LogP contribution in [0.4, 0.5) is 5.69 Å². The first kappa shape index (κ1) is 21.3. The third kappa shape index (κ3) is 4.53. The molecule has 30 heavy (non-hydrogen) atoms. The number of ether oxygens (including phenoxy) is 1. The Kier molecular flexibility index (Phi) is 6.70. The molecule has 0 radical (unpaired) electrons. The molecular formula is C26H33ClN2O. The van der Waals surface area contributed by atoms with E-state index >= 15 is 0 Å². The third-order valence-corrected chi connectivity index (χ3v) is 6.67. The highest BCUT2D eigenvalue weighted by molar-refractivity contribution is 6.30. The van der Waals surface area contributed by atoms with Crippen molar-refractivity contribution in [3.05, 3.63) is 70.8 Å². The molecule has 1 fully saturated rings. The van der Waals surface area contributed by atoms with E-state index in [0.717, 1.165) is 56.4 Å². The minimum absolute atomic E-state index is 0.594. The first-order valence-electron chi connectivity index (χ1n) is 11.2. The molecule has 0 N–H and O–H groups in total. The van der Waals surface area contributed by atoms with E-state index in [-0.39, 0.29) is 0 Å². The molecule has 0 bridgehead atoms. The number of benzene rings is 2. The fourth-order valence-electron chi connectivity index (χ4n) is 5.10. The van der Waals surface area contributed by atoms with Gasteiger partial charge in [0.25, 0.3) is 0 Å². The van der Waals surface area contributed by atoms with E-state index in [0.29, 0.717) is 12.0 Å². The van der Waals surface area contributed by atoms with Gasteiger partial charge in [0.05, 0.1) is 6.61 Å². The van der Waals surface area contributed by atoms with Crippen molar-refractivity contribution in [2.45, 2.75) is 45.1 Å². The van der Waals surface area contributed by atoms with E-state index in [4.69, 9.17) is 16.3 Å². The summed E-state index contributed by atoms with van der Waals surface area (Å²) < 4.78 is 5.88. The largest absolute Gasteiger partial charge is 0.494 e. The topological polar surface area (TPSA) is 15.7 Å². The molecule has 0 spiro atoms. The molecule has 0 amide bonds. The van der Waals surface area contributed by atoms with Crippen LogP contribution in [0.3, 0.4) is 0 Å². The summed E-state index contributed by atoms with van der Waals surface area (Å²) in [5.41, 5.74) is 5.76. The van der Waals surface area contributed by atoms with Crippen molar-refractivity contribution in [1.82, 2.24) is 4.90 Å². The summed E-state index contributed by atoms with van der Waals surface area (Å²) in [5, 5.41) is 0.744. The van der Waals surface area contributed by atoms with Crippen molar-refractivity contribution < 1.29 is 4.74 Å². The van der Waals surface area contributed by atoms with Crippen LogP contribution < -0.4 is 9.64 Å². The first-order valence-corrected chi connectivity index (χ1v) is 11.6. The summed E-state index contributed by atoms with van der Waals surface area (Å²) in [6, 6.07) is 15.1. The minimum Gasteiger partial charge on any atom is -0.494 e. The van der Waals surface area contributed by atoms with Crippen molar-refractivity contribution in [2.75, 3.05) is 37.7 Å². The van der Waals surface area contributed by atoms with Crippen molar-refractivity contribution >= 4 is 17.3 Å². The fourth-order valence-corrected chi connectivity index (χ4v) is 5.22. The summed E-state index contributed by atoms with van der Waals surface area (Å²) in [4.78, 5) is 5.28. The molecule has 2 aromatic carbocycles. The Labute approximate surface area is 186 Å². The van der Waals surface area contributed by atoms with Crippen LogP contribution in [0.5, 0.6) is 5.75 Å². The van der Waals surface area contributed by atoms with Crippen molar-refractivity contribution in [3.8, 4) is 5.75 Å². The van der Waals surface area contributed by atoms with Gasteiger partial charge in [-0.15, -0.1) is 0 Å². The second-order valence-corrected chi connectivity index (χ2v) is 9.15. The molecule has 160 valence electrons. The van der Waals surface area contributed by atoms with Crippen LogP contribution in [0.1, 0.15) is 43.7 Å². The number of aryl methyl sites for hydroxylation is 1. The molecule has 2 aliphatic rings. The van der Waals surface area contributed by atoms with Gasteiger partial charge in [0.2, 0.25) is 0 Å². The number of hydrogen-bond donors (Lipinski definition) is 0. The maximum atomic E-state index is 5.94. The maximum absolute atomic E-state index is 5.94. The zero-order chi connectivity index (χ0) is 21.1. The number of fused-ring (bicyclic) bond motifs is 3. The number of nitrogens with zero attached hydrogens (tertiary/aromatic N) is 2. The summed E-state index contributed by atoms with van der Waals surface area (Å²) in [6.07, 6.45) is 3.34. The SMILES string of the molecule is C=C(C)CN1c2c(CC)cccc2C2CN(CCCOc3ccc(Cl)cc3)CCC21. The Hall–Kier alpha value is -1.97. The van der Waals surface area contributed by atoms with E-state index in [2.05, 4.69) is 48.4 Å². The first-order chi connectivity index (χ1) is 14.6. The number of rotatable bonds is 8. The molecule has 4 rings (SSSR count). The zero-order valence-electron chi connectivity index (χ0n) is 18.2. The summed E-state index contributed by atoms with van der Waals surface area (Å²) in [6.45, 7) is 13.7. The monoisotopic (exact) mass is 424 g/mol. The molecule has 2 atom stereocenters. The number of anilines is 1. The summed E-state index contributed by atoms with van der Waals surface area (Å²) >= 11 is 5.94. The van der Waals surface area contributed by atoms with Gasteiger partial charge >= 0.3 is 0 Å². The summed E-state index contributed by atoms with van der Waals surface area (Å²) in [7, 11) is 0. The van der Waals surface area contributed by atoms with Crippen LogP contribution in [0.2, 0.25) is 5.02 Å². The van der Waals surface area contributed by atoms with E-state index in [9.17, 15) is 0 Å². The quantitative estimate of drug-likeness (QED) is 0.386. The predicted molar refractivity (Wildman–Crippen MR) is 127 cm³/mol. The molecule has 0 aromatic heterocycles. The molecular weight excluding hydrogens is 392 g/mol. The van der Waals surface area contributed by atoms with Crippen LogP contribution in [0.15, 0.2) is 54.6 Å². The highest BCUT2D eigenvalue weighted by Gasteiger charge is 2.42. The second kappa shape index (κ2) is 9.45. The van der Waals surface area contributed by atoms with Crippen molar-refractivity contribution in [3.63, 3.8) is 0 Å². The number of halogens is 1. The van der Waals surface area contributed by atoms with Gasteiger partial charge in [-0.2, -0.15) is 0 Å². The average molecular weight is 425 g/mol. The van der Waals surface area contributed by atoms with Crippen LogP contribution in [-0.4, -0.2) is 43.7 Å². The third-order valence-electron chi connectivity index (χ3n) is 6.42. The fraction of sp³-hybridized carbons (Fsp3) is 0.462. The Morgan fingerprint density at radius 1 is 1.20 bits per heavy atom. The molecule has 4 heteroatoms. The highest BCUT2D eigenvalue weighted by Crippen LogP contribution is 2.46. The van der Waals surface area contributed by atoms with Crippen molar-refractivity contribution in [1.29, 1.82) is 0 Å². The van der Waals surface area contributed by atoms with E-state index in [1.165, 1.54) is 23.2 Å². The van der Waals surface area contributed by atoms with Gasteiger partial charge in [-0.3, -0.25) is 0 Å². The molecule has 0 saturated carbocycles. The van der Waals surface area contributed by atoms with Gasteiger partial charge in [-0.1, -0.05) is 48.9 Å². The van der Waals surface area contributed by atoms with Gasteiger partial charge in [0.1, 0.15) is 5.75 Å². The molecule has 0 aliphatic carbocycles. The molecule has 3 nitrogen and oxygen atoms in total. The smallest absolute Gasteiger partial charge is 0.119 e. The Bertz CT molecular complexity index is 879. The molecule has 2 unspecified atom stereocenters. The second-order valence-electron chi connectivity index (χ2n) is 8.71. The van der Waals surface area contributed by atoms with Crippen LogP contribution >= 0.6 is 11.6 Å². The van der Waals surface area contributed by atoms with Gasteiger partial charge < -0.3 is 14.5 Å². The molecule has 2 aliphatic heterocycles. The van der Waals surface area contributed by atoms with Crippen LogP contribution in [0, 0.1) is 0 Å². The highest BCUT2D eigenvalue weighted by atomic mass is 35.5. The lowest BCUT2D eigenvalue weighted by Crippen LogP contribution is -2.47. The van der Waals surface area contributed by atoms with Gasteiger partial charge in [-0.25, -0.2) is 0 Å². The maximum Gasteiger partial charge on any atom is 0.119 e. The van der Waals surface area contributed by atoms with E-state index < -0.39 is 0 Å². The number of hydrogen-bond acceptors (Lipinski definition) is 3. The number of piperidine rings is 1. The standard InChI is InChI=1S/C26H33ClN2O/c1-4-20-7-5-8-23-24-18-28(14-6-16-30-22-11-9-21(27)10-12-22)15-13-25(24)29(26(20)23)17-19(2)3/h5,7-12,24-25H,2,4,6,13-18H2,1,3H3. The van der Waals surface area contributed by atoms with Crippen molar-refractivity contribution in [2.24, 2.45) is 0 Å². The minimum atomic E-state index is 0.594. The zero-order valence-corrected chi connectivity index (χ0v) is 19.0. The van der Waals surface area contributed by atoms with E-state index in [1.807, 2.05) is 24.3 Å². The van der Waals surface area contributed by atoms with Crippen LogP contribution in [0.25, 0.3) is 0 Å². The van der Waals surface area contributed by atoms with Gasteiger partial charge in [-0.05, 0) is 61.6 Å². The molecule has 1 saturated heterocycles. The number of likely N-dealkylation sites (tertiary alicyclic amines) is 1. The van der Waals surface area contributed by atoms with Crippen LogP contribution in [-0.2, 0) is 6.42 Å². The predicted octanol–water partition coefficient (Wildman–Crippen LogP) is 5.93. The number of para-hydroxylation sites is 1. The molecule has 2 aromatic rings. The van der Waals surface area contributed by atoms with Gasteiger partial charge in [0, 0.05) is 48.8 Å². The lowest BCUT2D eigenvalue weighted by atomic mass is 9.88. The van der Waals surface area contributed by atoms with E-state index in [1.54, 1.807) is 5.56 Å². The normalized spacial score (nSPS) is 20.7. The van der Waals surface area contributed by atoms with Gasteiger partial charge in [0.15, 0.2) is 0 Å². The Morgan fingerprint density at radius 2 is 2.00 bits per heavy atom. The Balaban J connectivity index is 1.38. The lowest BCUT2D eigenvalue weighted by Gasteiger charge is -2.39. The lowest BCUT2D eigenvalue weighted by molar-refractivity contribution is 0.178. The summed E-state index contributed by atoms with van der Waals surface area (Å²) in [5.74, 6) is 1.49. The average Bonchev–Trinajstić information content (AvgIpc) is 3.05.